The molecular formula is C10H15NOS. The van der Waals surface area contributed by atoms with E-state index >= 15 is 0 Å². The van der Waals surface area contributed by atoms with E-state index in [2.05, 4.69) is 4.98 Å². The van der Waals surface area contributed by atoms with E-state index in [4.69, 9.17) is 0 Å². The number of ketones is 1. The van der Waals surface area contributed by atoms with Gasteiger partial charge in [0.15, 0.2) is 0 Å². The number of carbonyl (C=O) groups is 1. The summed E-state index contributed by atoms with van der Waals surface area (Å²) in [7, 11) is 0. The van der Waals surface area contributed by atoms with E-state index in [0.717, 1.165) is 17.1 Å². The second kappa shape index (κ2) is 4.51. The van der Waals surface area contributed by atoms with Gasteiger partial charge in [0.25, 0.3) is 0 Å². The smallest absolute Gasteiger partial charge is 0.142 e. The molecule has 0 aliphatic carbocycles. The highest BCUT2D eigenvalue weighted by Crippen LogP contribution is 2.13. The molecule has 0 saturated heterocycles. The van der Waals surface area contributed by atoms with Crippen molar-refractivity contribution in [2.75, 3.05) is 0 Å². The Hall–Kier alpha value is -0.700. The van der Waals surface area contributed by atoms with Crippen LogP contribution in [0, 0.1) is 12.8 Å². The first-order chi connectivity index (χ1) is 6.13. The number of aryl methyl sites for hydroxylation is 1. The molecule has 0 N–H and O–H groups in total. The summed E-state index contributed by atoms with van der Waals surface area (Å²) >= 11 is 1.57. The molecule has 0 bridgehead atoms. The number of rotatable bonds is 4. The third kappa shape index (κ3) is 2.92. The summed E-state index contributed by atoms with van der Waals surface area (Å²) in [6.45, 7) is 5.96. The van der Waals surface area contributed by atoms with Gasteiger partial charge in [0, 0.05) is 17.0 Å². The Balaban J connectivity index is 2.54. The van der Waals surface area contributed by atoms with Gasteiger partial charge in [-0.05, 0) is 13.3 Å². The maximum atomic E-state index is 11.5. The minimum Gasteiger partial charge on any atom is -0.299 e. The van der Waals surface area contributed by atoms with E-state index in [9.17, 15) is 4.79 Å². The van der Waals surface area contributed by atoms with Crippen LogP contribution in [0.5, 0.6) is 0 Å². The third-order valence-electron chi connectivity index (χ3n) is 2.15. The van der Waals surface area contributed by atoms with Gasteiger partial charge in [0.2, 0.25) is 0 Å². The lowest BCUT2D eigenvalue weighted by atomic mass is 10.0. The van der Waals surface area contributed by atoms with Crippen LogP contribution in [0.25, 0.3) is 0 Å². The largest absolute Gasteiger partial charge is 0.299 e. The van der Waals surface area contributed by atoms with Gasteiger partial charge in [-0.3, -0.25) is 4.79 Å². The molecule has 72 valence electrons. The van der Waals surface area contributed by atoms with Gasteiger partial charge in [0.1, 0.15) is 10.8 Å². The van der Waals surface area contributed by atoms with Crippen molar-refractivity contribution in [2.24, 2.45) is 5.92 Å². The molecule has 0 saturated carbocycles. The van der Waals surface area contributed by atoms with E-state index in [1.165, 1.54) is 0 Å². The van der Waals surface area contributed by atoms with E-state index in [0.29, 0.717) is 12.2 Å². The lowest BCUT2D eigenvalue weighted by Gasteiger charge is -2.04. The summed E-state index contributed by atoms with van der Waals surface area (Å²) in [6.07, 6.45) is 1.43. The Morgan fingerprint density at radius 1 is 1.69 bits per heavy atom. The van der Waals surface area contributed by atoms with E-state index < -0.39 is 0 Å². The van der Waals surface area contributed by atoms with Crippen LogP contribution < -0.4 is 0 Å². The fourth-order valence-electron chi connectivity index (χ4n) is 1.03. The quantitative estimate of drug-likeness (QED) is 0.742. The average molecular weight is 197 g/mol. The second-order valence-corrected chi connectivity index (χ2v) is 4.28. The van der Waals surface area contributed by atoms with Crippen LogP contribution in [-0.4, -0.2) is 10.8 Å². The van der Waals surface area contributed by atoms with Gasteiger partial charge in [-0.2, -0.15) is 0 Å². The fourth-order valence-corrected chi connectivity index (χ4v) is 1.82. The highest BCUT2D eigenvalue weighted by Gasteiger charge is 2.12. The van der Waals surface area contributed by atoms with Crippen molar-refractivity contribution in [1.82, 2.24) is 4.98 Å². The lowest BCUT2D eigenvalue weighted by molar-refractivity contribution is -0.121. The van der Waals surface area contributed by atoms with Crippen LogP contribution in [0.2, 0.25) is 0 Å². The van der Waals surface area contributed by atoms with E-state index in [1.54, 1.807) is 11.3 Å². The summed E-state index contributed by atoms with van der Waals surface area (Å²) in [4.78, 5) is 15.8. The molecule has 0 aliphatic heterocycles. The number of hydrogen-bond acceptors (Lipinski definition) is 3. The molecule has 3 heteroatoms. The van der Waals surface area contributed by atoms with Crippen molar-refractivity contribution in [3.8, 4) is 0 Å². The number of Topliss-reactive ketones (excluding diaryl/α,β-unsaturated/α-hetero) is 1. The van der Waals surface area contributed by atoms with Crippen molar-refractivity contribution in [1.29, 1.82) is 0 Å². The van der Waals surface area contributed by atoms with Crippen molar-refractivity contribution < 1.29 is 4.79 Å². The Bertz CT molecular complexity index is 293. The monoisotopic (exact) mass is 197 g/mol. The molecule has 2 nitrogen and oxygen atoms in total. The molecule has 0 fully saturated rings. The van der Waals surface area contributed by atoms with Crippen molar-refractivity contribution in [3.63, 3.8) is 0 Å². The zero-order chi connectivity index (χ0) is 9.84. The number of hydrogen-bond donors (Lipinski definition) is 0. The van der Waals surface area contributed by atoms with Crippen LogP contribution in [0.15, 0.2) is 5.38 Å². The molecule has 0 radical (unpaired) electrons. The highest BCUT2D eigenvalue weighted by atomic mass is 32.1. The molecule has 1 aromatic heterocycles. The first kappa shape index (κ1) is 10.4. The molecule has 0 aromatic carbocycles. The minimum absolute atomic E-state index is 0.171. The number of nitrogens with zero attached hydrogens (tertiary/aromatic N) is 1. The summed E-state index contributed by atoms with van der Waals surface area (Å²) in [6, 6.07) is 0. The summed E-state index contributed by atoms with van der Waals surface area (Å²) in [5, 5.41) is 2.93. The van der Waals surface area contributed by atoms with Gasteiger partial charge >= 0.3 is 0 Å². The first-order valence-corrected chi connectivity index (χ1v) is 5.45. The third-order valence-corrected chi connectivity index (χ3v) is 3.12. The van der Waals surface area contributed by atoms with E-state index in [1.807, 2.05) is 26.2 Å². The molecule has 13 heavy (non-hydrogen) atoms. The summed E-state index contributed by atoms with van der Waals surface area (Å²) in [5.74, 6) is 0.473. The molecule has 1 aromatic rings. The van der Waals surface area contributed by atoms with Crippen LogP contribution >= 0.6 is 11.3 Å². The van der Waals surface area contributed by atoms with Crippen molar-refractivity contribution in [3.05, 3.63) is 16.1 Å². The van der Waals surface area contributed by atoms with Gasteiger partial charge in [-0.25, -0.2) is 4.98 Å². The van der Waals surface area contributed by atoms with Crippen LogP contribution in [-0.2, 0) is 11.2 Å². The molecule has 1 atom stereocenters. The zero-order valence-electron chi connectivity index (χ0n) is 8.33. The molecule has 1 rings (SSSR count). The van der Waals surface area contributed by atoms with Crippen LogP contribution in [0.3, 0.4) is 0 Å². The topological polar surface area (TPSA) is 30.0 Å². The fraction of sp³-hybridized carbons (Fsp3) is 0.600. The number of aromatic nitrogens is 1. The summed E-state index contributed by atoms with van der Waals surface area (Å²) < 4.78 is 0. The second-order valence-electron chi connectivity index (χ2n) is 3.34. The molecule has 0 aliphatic rings. The van der Waals surface area contributed by atoms with Gasteiger partial charge < -0.3 is 0 Å². The van der Waals surface area contributed by atoms with Gasteiger partial charge in [-0.15, -0.1) is 11.3 Å². The number of thiazole rings is 1. The summed E-state index contributed by atoms with van der Waals surface area (Å²) in [5.41, 5.74) is 1.01. The van der Waals surface area contributed by atoms with Gasteiger partial charge in [0.05, 0.1) is 6.42 Å². The zero-order valence-corrected chi connectivity index (χ0v) is 9.15. The van der Waals surface area contributed by atoms with Crippen LogP contribution in [0.1, 0.15) is 31.0 Å². The molecule has 1 heterocycles. The number of carbonyl (C=O) groups excluding carboxylic acids is 1. The average Bonchev–Trinajstić information content (AvgIpc) is 2.49. The predicted molar refractivity (Wildman–Crippen MR) is 55.0 cm³/mol. The maximum Gasteiger partial charge on any atom is 0.142 e. The minimum atomic E-state index is 0.171. The maximum absolute atomic E-state index is 11.5. The first-order valence-electron chi connectivity index (χ1n) is 4.57. The standard InChI is InChI=1S/C10H15NOS/c1-4-7(2)9(12)5-10-11-8(3)6-13-10/h6-7H,4-5H2,1-3H3. The lowest BCUT2D eigenvalue weighted by Crippen LogP contribution is -2.12. The molecule has 0 spiro atoms. The SMILES string of the molecule is CCC(C)C(=O)Cc1nc(C)cs1. The van der Waals surface area contributed by atoms with E-state index in [-0.39, 0.29) is 5.92 Å². The molecule has 0 amide bonds. The molecular weight excluding hydrogens is 182 g/mol. The predicted octanol–water partition coefficient (Wildman–Crippen LogP) is 2.61. The highest BCUT2D eigenvalue weighted by molar-refractivity contribution is 7.09. The Morgan fingerprint density at radius 3 is 2.85 bits per heavy atom. The van der Waals surface area contributed by atoms with Crippen molar-refractivity contribution >= 4 is 17.1 Å². The van der Waals surface area contributed by atoms with Crippen molar-refractivity contribution in [2.45, 2.75) is 33.6 Å². The Labute approximate surface area is 83.0 Å². The van der Waals surface area contributed by atoms with Crippen LogP contribution in [0.4, 0.5) is 0 Å². The Morgan fingerprint density at radius 2 is 2.38 bits per heavy atom. The molecule has 1 unspecified atom stereocenters. The van der Waals surface area contributed by atoms with Gasteiger partial charge in [-0.1, -0.05) is 13.8 Å². The Kier molecular flexibility index (Phi) is 3.60. The normalized spacial score (nSPS) is 12.8.